The third-order valence-corrected chi connectivity index (χ3v) is 2.97. The number of carbonyl (C=O) groups excluding carboxylic acids is 1. The van der Waals surface area contributed by atoms with E-state index in [1.165, 1.54) is 9.91 Å². The molecule has 0 saturated heterocycles. The van der Waals surface area contributed by atoms with Gasteiger partial charge in [-0.3, -0.25) is 4.90 Å². The quantitative estimate of drug-likeness (QED) is 0.776. The predicted molar refractivity (Wildman–Crippen MR) is 64.5 cm³/mol. The van der Waals surface area contributed by atoms with Gasteiger partial charge in [-0.15, -0.1) is 0 Å². The molecule has 17 heavy (non-hydrogen) atoms. The molecule has 1 heterocycles. The Balaban J connectivity index is 2.52. The number of carbonyl (C=O) groups is 1. The molecule has 1 aliphatic rings. The number of amides is 2. The van der Waals surface area contributed by atoms with Crippen molar-refractivity contribution in [1.82, 2.24) is 9.91 Å². The minimum atomic E-state index is -0.926. The Morgan fingerprint density at radius 1 is 1.24 bits per heavy atom. The van der Waals surface area contributed by atoms with Gasteiger partial charge in [0.2, 0.25) is 5.72 Å². The third kappa shape index (κ3) is 1.68. The molecule has 90 valence electrons. The van der Waals surface area contributed by atoms with Crippen molar-refractivity contribution in [2.24, 2.45) is 5.10 Å². The van der Waals surface area contributed by atoms with Gasteiger partial charge in [0.05, 0.1) is 6.21 Å². The number of benzene rings is 1. The van der Waals surface area contributed by atoms with Crippen molar-refractivity contribution in [3.63, 3.8) is 0 Å². The van der Waals surface area contributed by atoms with Crippen LogP contribution in [-0.2, 0) is 10.5 Å². The lowest BCUT2D eigenvalue weighted by atomic mass is 10.0. The van der Waals surface area contributed by atoms with Crippen LogP contribution in [0.4, 0.5) is 4.79 Å². The standard InChI is InChI=1S/C12H15N3O2/c1-14-11(16)15(2)13-9-12(14,17-3)10-7-5-4-6-8-10/h4-9H,1-3H3. The van der Waals surface area contributed by atoms with E-state index in [0.29, 0.717) is 0 Å². The highest BCUT2D eigenvalue weighted by molar-refractivity contribution is 5.85. The first-order chi connectivity index (χ1) is 8.12. The first kappa shape index (κ1) is 11.6. The van der Waals surface area contributed by atoms with Crippen molar-refractivity contribution in [3.8, 4) is 0 Å². The average Bonchev–Trinajstić information content (AvgIpc) is 2.38. The lowest BCUT2D eigenvalue weighted by Crippen LogP contribution is -2.56. The van der Waals surface area contributed by atoms with E-state index < -0.39 is 5.72 Å². The highest BCUT2D eigenvalue weighted by Crippen LogP contribution is 2.29. The Hall–Kier alpha value is -1.88. The van der Waals surface area contributed by atoms with E-state index in [9.17, 15) is 4.79 Å². The first-order valence-corrected chi connectivity index (χ1v) is 5.29. The van der Waals surface area contributed by atoms with Crippen LogP contribution in [0.15, 0.2) is 35.4 Å². The summed E-state index contributed by atoms with van der Waals surface area (Å²) >= 11 is 0. The molecule has 2 rings (SSSR count). The van der Waals surface area contributed by atoms with Gasteiger partial charge in [-0.1, -0.05) is 30.3 Å². The van der Waals surface area contributed by atoms with Crippen LogP contribution in [0.1, 0.15) is 5.56 Å². The van der Waals surface area contributed by atoms with Crippen LogP contribution in [0.5, 0.6) is 0 Å². The molecule has 0 saturated carbocycles. The van der Waals surface area contributed by atoms with Crippen LogP contribution in [-0.4, -0.2) is 43.4 Å². The largest absolute Gasteiger partial charge is 0.350 e. The van der Waals surface area contributed by atoms with Crippen LogP contribution >= 0.6 is 0 Å². The summed E-state index contributed by atoms with van der Waals surface area (Å²) in [4.78, 5) is 13.5. The maximum absolute atomic E-state index is 11.9. The smallest absolute Gasteiger partial charge is 0.342 e. The Kier molecular flexibility index (Phi) is 2.85. The van der Waals surface area contributed by atoms with Crippen molar-refractivity contribution < 1.29 is 9.53 Å². The molecule has 1 aliphatic heterocycles. The fourth-order valence-electron chi connectivity index (χ4n) is 1.91. The van der Waals surface area contributed by atoms with Gasteiger partial charge >= 0.3 is 6.03 Å². The molecule has 0 aromatic heterocycles. The zero-order valence-electron chi connectivity index (χ0n) is 10.1. The topological polar surface area (TPSA) is 45.1 Å². The van der Waals surface area contributed by atoms with Gasteiger partial charge in [-0.2, -0.15) is 5.10 Å². The van der Waals surface area contributed by atoms with Gasteiger partial charge in [-0.05, 0) is 0 Å². The van der Waals surface area contributed by atoms with Gasteiger partial charge in [0, 0.05) is 26.8 Å². The molecule has 2 amide bonds. The fraction of sp³-hybridized carbons (Fsp3) is 0.333. The number of ether oxygens (including phenoxy) is 1. The van der Waals surface area contributed by atoms with E-state index >= 15 is 0 Å². The summed E-state index contributed by atoms with van der Waals surface area (Å²) in [6, 6.07) is 9.33. The van der Waals surface area contributed by atoms with Gasteiger partial charge in [0.25, 0.3) is 0 Å². The number of hydrogen-bond donors (Lipinski definition) is 0. The molecule has 0 N–H and O–H groups in total. The zero-order valence-corrected chi connectivity index (χ0v) is 10.1. The summed E-state index contributed by atoms with van der Waals surface area (Å²) in [5.74, 6) is 0. The molecule has 0 bridgehead atoms. The minimum absolute atomic E-state index is 0.210. The minimum Gasteiger partial charge on any atom is -0.350 e. The number of hydrazone groups is 1. The van der Waals surface area contributed by atoms with Crippen LogP contribution in [0.25, 0.3) is 0 Å². The summed E-state index contributed by atoms with van der Waals surface area (Å²) in [6.45, 7) is 0. The van der Waals surface area contributed by atoms with Crippen LogP contribution in [0, 0.1) is 0 Å². The highest BCUT2D eigenvalue weighted by atomic mass is 16.5. The summed E-state index contributed by atoms with van der Waals surface area (Å²) in [6.07, 6.45) is 1.63. The van der Waals surface area contributed by atoms with Crippen molar-refractivity contribution in [2.45, 2.75) is 5.72 Å². The highest BCUT2D eigenvalue weighted by Gasteiger charge is 2.42. The van der Waals surface area contributed by atoms with Crippen molar-refractivity contribution in [1.29, 1.82) is 0 Å². The predicted octanol–water partition coefficient (Wildman–Crippen LogP) is 1.47. The third-order valence-electron chi connectivity index (χ3n) is 2.97. The molecule has 1 atom stereocenters. The first-order valence-electron chi connectivity index (χ1n) is 5.29. The Morgan fingerprint density at radius 2 is 1.88 bits per heavy atom. The van der Waals surface area contributed by atoms with E-state index in [4.69, 9.17) is 4.74 Å². The Bertz CT molecular complexity index is 446. The Morgan fingerprint density at radius 3 is 2.47 bits per heavy atom. The molecule has 0 fully saturated rings. The van der Waals surface area contributed by atoms with Gasteiger partial charge in [-0.25, -0.2) is 9.80 Å². The molecule has 1 aromatic carbocycles. The molecule has 0 aliphatic carbocycles. The SMILES string of the molecule is COC1(c2ccccc2)C=NN(C)C(=O)N1C. The lowest BCUT2D eigenvalue weighted by Gasteiger charge is -2.41. The second-order valence-corrected chi connectivity index (χ2v) is 3.88. The molecular formula is C12H15N3O2. The second-order valence-electron chi connectivity index (χ2n) is 3.88. The molecule has 0 spiro atoms. The van der Waals surface area contributed by atoms with E-state index in [0.717, 1.165) is 5.56 Å². The lowest BCUT2D eigenvalue weighted by molar-refractivity contribution is -0.0605. The van der Waals surface area contributed by atoms with Crippen molar-refractivity contribution in [3.05, 3.63) is 35.9 Å². The average molecular weight is 233 g/mol. The fourth-order valence-corrected chi connectivity index (χ4v) is 1.91. The molecule has 0 radical (unpaired) electrons. The molecule has 5 heteroatoms. The summed E-state index contributed by atoms with van der Waals surface area (Å²) in [5.41, 5.74) is -0.0552. The van der Waals surface area contributed by atoms with Crippen LogP contribution in [0.3, 0.4) is 0 Å². The second kappa shape index (κ2) is 4.18. The normalized spacial score (nSPS) is 24.3. The van der Waals surface area contributed by atoms with Crippen LogP contribution in [0.2, 0.25) is 0 Å². The van der Waals surface area contributed by atoms with Crippen molar-refractivity contribution in [2.75, 3.05) is 21.2 Å². The molecule has 1 aromatic rings. The van der Waals surface area contributed by atoms with E-state index in [1.807, 2.05) is 30.3 Å². The maximum atomic E-state index is 11.9. The molecule has 5 nitrogen and oxygen atoms in total. The van der Waals surface area contributed by atoms with Gasteiger partial charge < -0.3 is 4.74 Å². The van der Waals surface area contributed by atoms with E-state index in [1.54, 1.807) is 27.4 Å². The number of methoxy groups -OCH3 is 1. The molecule has 1 unspecified atom stereocenters. The van der Waals surface area contributed by atoms with Crippen molar-refractivity contribution >= 4 is 12.2 Å². The monoisotopic (exact) mass is 233 g/mol. The van der Waals surface area contributed by atoms with E-state index in [2.05, 4.69) is 5.10 Å². The number of hydrogen-bond acceptors (Lipinski definition) is 3. The molecular weight excluding hydrogens is 218 g/mol. The zero-order chi connectivity index (χ0) is 12.5. The maximum Gasteiger partial charge on any atom is 0.342 e. The van der Waals surface area contributed by atoms with E-state index in [-0.39, 0.29) is 6.03 Å². The number of nitrogens with zero attached hydrogens (tertiary/aromatic N) is 3. The Labute approximate surface area is 100 Å². The number of urea groups is 1. The summed E-state index contributed by atoms with van der Waals surface area (Å²) in [7, 11) is 4.87. The number of rotatable bonds is 2. The van der Waals surface area contributed by atoms with Gasteiger partial charge in [0.15, 0.2) is 0 Å². The van der Waals surface area contributed by atoms with Gasteiger partial charge in [0.1, 0.15) is 0 Å². The summed E-state index contributed by atoms with van der Waals surface area (Å²) < 4.78 is 5.52. The van der Waals surface area contributed by atoms with Crippen LogP contribution < -0.4 is 0 Å². The summed E-state index contributed by atoms with van der Waals surface area (Å²) in [5, 5.41) is 5.33.